The van der Waals surface area contributed by atoms with Crippen molar-refractivity contribution in [2.24, 2.45) is 0 Å². The predicted molar refractivity (Wildman–Crippen MR) is 85.1 cm³/mol. The van der Waals surface area contributed by atoms with Gasteiger partial charge in [-0.25, -0.2) is 9.97 Å². The fourth-order valence-corrected chi connectivity index (χ4v) is 2.15. The van der Waals surface area contributed by atoms with Crippen molar-refractivity contribution in [3.05, 3.63) is 48.3 Å². The van der Waals surface area contributed by atoms with E-state index in [4.69, 9.17) is 4.74 Å². The van der Waals surface area contributed by atoms with Gasteiger partial charge >= 0.3 is 0 Å². The van der Waals surface area contributed by atoms with E-state index in [1.165, 1.54) is 0 Å². The Balaban J connectivity index is 0.00000161. The summed E-state index contributed by atoms with van der Waals surface area (Å²) in [4.78, 5) is 10.9. The van der Waals surface area contributed by atoms with Gasteiger partial charge in [0.1, 0.15) is 6.61 Å². The van der Waals surface area contributed by atoms with Gasteiger partial charge in [0, 0.05) is 26.2 Å². The van der Waals surface area contributed by atoms with Crippen LogP contribution >= 0.6 is 12.4 Å². The number of nitrogens with zero attached hydrogens (tertiary/aromatic N) is 3. The van der Waals surface area contributed by atoms with Crippen LogP contribution in [0.2, 0.25) is 0 Å². The first-order valence-corrected chi connectivity index (χ1v) is 6.86. The van der Waals surface area contributed by atoms with Gasteiger partial charge in [-0.1, -0.05) is 30.3 Å². The van der Waals surface area contributed by atoms with Crippen molar-refractivity contribution in [3.63, 3.8) is 0 Å². The summed E-state index contributed by atoms with van der Waals surface area (Å²) in [7, 11) is 0. The first-order chi connectivity index (χ1) is 9.92. The molecule has 1 aliphatic rings. The van der Waals surface area contributed by atoms with Crippen LogP contribution in [0.15, 0.2) is 42.7 Å². The molecule has 1 aromatic heterocycles. The van der Waals surface area contributed by atoms with Gasteiger partial charge in [0.05, 0.1) is 12.4 Å². The molecule has 6 heteroatoms. The molecule has 0 aliphatic carbocycles. The maximum atomic E-state index is 5.68. The summed E-state index contributed by atoms with van der Waals surface area (Å²) in [6.45, 7) is 4.40. The van der Waals surface area contributed by atoms with Gasteiger partial charge in [-0.2, -0.15) is 0 Å². The van der Waals surface area contributed by atoms with Crippen molar-refractivity contribution in [1.82, 2.24) is 15.3 Å². The number of rotatable bonds is 4. The van der Waals surface area contributed by atoms with E-state index in [1.807, 2.05) is 30.3 Å². The molecular weight excluding hydrogens is 288 g/mol. The molecule has 112 valence electrons. The van der Waals surface area contributed by atoms with Crippen LogP contribution in [-0.4, -0.2) is 36.1 Å². The van der Waals surface area contributed by atoms with Crippen molar-refractivity contribution in [2.45, 2.75) is 6.61 Å². The van der Waals surface area contributed by atoms with E-state index in [0.717, 1.165) is 37.7 Å². The highest BCUT2D eigenvalue weighted by atomic mass is 35.5. The van der Waals surface area contributed by atoms with Crippen LogP contribution in [0.1, 0.15) is 5.56 Å². The molecule has 1 N–H and O–H groups in total. The second-order valence-corrected chi connectivity index (χ2v) is 4.73. The van der Waals surface area contributed by atoms with Crippen LogP contribution < -0.4 is 15.0 Å². The Morgan fingerprint density at radius 2 is 1.71 bits per heavy atom. The summed E-state index contributed by atoms with van der Waals surface area (Å²) >= 11 is 0. The Labute approximate surface area is 130 Å². The lowest BCUT2D eigenvalue weighted by molar-refractivity contribution is 0.303. The Morgan fingerprint density at radius 3 is 2.38 bits per heavy atom. The van der Waals surface area contributed by atoms with Gasteiger partial charge in [0.25, 0.3) is 0 Å². The SMILES string of the molecule is Cl.c1ccc(COc2cnc(N3CCNCC3)nc2)cc1. The number of hydrogen-bond acceptors (Lipinski definition) is 5. The minimum Gasteiger partial charge on any atom is -0.486 e. The topological polar surface area (TPSA) is 50.3 Å². The Hall–Kier alpha value is -1.85. The first-order valence-electron chi connectivity index (χ1n) is 6.86. The van der Waals surface area contributed by atoms with E-state index in [2.05, 4.69) is 20.2 Å². The normalized spacial score (nSPS) is 14.4. The van der Waals surface area contributed by atoms with E-state index in [-0.39, 0.29) is 12.4 Å². The van der Waals surface area contributed by atoms with E-state index in [1.54, 1.807) is 12.4 Å². The molecule has 2 heterocycles. The molecular formula is C15H19ClN4O. The number of piperazine rings is 1. The van der Waals surface area contributed by atoms with Gasteiger partial charge in [0.15, 0.2) is 5.75 Å². The van der Waals surface area contributed by atoms with Crippen molar-refractivity contribution in [3.8, 4) is 5.75 Å². The smallest absolute Gasteiger partial charge is 0.225 e. The van der Waals surface area contributed by atoms with E-state index in [9.17, 15) is 0 Å². The summed E-state index contributed by atoms with van der Waals surface area (Å²) in [5.74, 6) is 1.48. The summed E-state index contributed by atoms with van der Waals surface area (Å²) in [5, 5.41) is 3.31. The maximum absolute atomic E-state index is 5.68. The molecule has 1 aromatic carbocycles. The fraction of sp³-hybridized carbons (Fsp3) is 0.333. The third-order valence-electron chi connectivity index (χ3n) is 3.26. The van der Waals surface area contributed by atoms with Crippen LogP contribution in [0.25, 0.3) is 0 Å². The van der Waals surface area contributed by atoms with Gasteiger partial charge < -0.3 is 15.0 Å². The average molecular weight is 307 g/mol. The fourth-order valence-electron chi connectivity index (χ4n) is 2.15. The molecule has 0 unspecified atom stereocenters. The van der Waals surface area contributed by atoms with Crippen molar-refractivity contribution < 1.29 is 4.74 Å². The summed E-state index contributed by atoms with van der Waals surface area (Å²) in [6.07, 6.45) is 3.49. The standard InChI is InChI=1S/C15H18N4O.ClH/c1-2-4-13(5-3-1)12-20-14-10-17-15(18-11-14)19-8-6-16-7-9-19;/h1-5,10-11,16H,6-9,12H2;1H. The second kappa shape index (κ2) is 7.81. The summed E-state index contributed by atoms with van der Waals surface area (Å²) in [5.41, 5.74) is 1.14. The van der Waals surface area contributed by atoms with Gasteiger partial charge in [-0.15, -0.1) is 12.4 Å². The number of nitrogens with one attached hydrogen (secondary N) is 1. The lowest BCUT2D eigenvalue weighted by Crippen LogP contribution is -2.44. The zero-order valence-electron chi connectivity index (χ0n) is 11.7. The number of hydrogen-bond donors (Lipinski definition) is 1. The molecule has 3 rings (SSSR count). The molecule has 1 saturated heterocycles. The highest BCUT2D eigenvalue weighted by molar-refractivity contribution is 5.85. The van der Waals surface area contributed by atoms with E-state index in [0.29, 0.717) is 12.4 Å². The number of anilines is 1. The Morgan fingerprint density at radius 1 is 1.05 bits per heavy atom. The van der Waals surface area contributed by atoms with Crippen LogP contribution in [0.5, 0.6) is 5.75 Å². The van der Waals surface area contributed by atoms with Crippen LogP contribution in [-0.2, 0) is 6.61 Å². The van der Waals surface area contributed by atoms with E-state index < -0.39 is 0 Å². The van der Waals surface area contributed by atoms with Crippen molar-refractivity contribution in [2.75, 3.05) is 31.1 Å². The number of ether oxygens (including phenoxy) is 1. The Bertz CT molecular complexity index is 529. The van der Waals surface area contributed by atoms with Crippen molar-refractivity contribution >= 4 is 18.4 Å². The predicted octanol–water partition coefficient (Wildman–Crippen LogP) is 1.89. The molecule has 0 bridgehead atoms. The number of aromatic nitrogens is 2. The average Bonchev–Trinajstić information content (AvgIpc) is 2.55. The van der Waals surface area contributed by atoms with Crippen LogP contribution in [0, 0.1) is 0 Å². The molecule has 0 radical (unpaired) electrons. The highest BCUT2D eigenvalue weighted by Gasteiger charge is 2.12. The molecule has 21 heavy (non-hydrogen) atoms. The minimum absolute atomic E-state index is 0. The molecule has 0 atom stereocenters. The van der Waals surface area contributed by atoms with Gasteiger partial charge in [0.2, 0.25) is 5.95 Å². The zero-order chi connectivity index (χ0) is 13.6. The molecule has 0 amide bonds. The molecule has 1 fully saturated rings. The largest absolute Gasteiger partial charge is 0.486 e. The minimum atomic E-state index is 0. The summed E-state index contributed by atoms with van der Waals surface area (Å²) < 4.78 is 5.68. The van der Waals surface area contributed by atoms with Gasteiger partial charge in [-0.3, -0.25) is 0 Å². The second-order valence-electron chi connectivity index (χ2n) is 4.73. The van der Waals surface area contributed by atoms with Crippen molar-refractivity contribution in [1.29, 1.82) is 0 Å². The quantitative estimate of drug-likeness (QED) is 0.935. The molecule has 0 saturated carbocycles. The summed E-state index contributed by atoms with van der Waals surface area (Å²) in [6, 6.07) is 10.1. The molecule has 2 aromatic rings. The van der Waals surface area contributed by atoms with E-state index >= 15 is 0 Å². The third-order valence-corrected chi connectivity index (χ3v) is 3.26. The lowest BCUT2D eigenvalue weighted by Gasteiger charge is -2.27. The molecule has 5 nitrogen and oxygen atoms in total. The third kappa shape index (κ3) is 4.31. The number of benzene rings is 1. The molecule has 0 spiro atoms. The first kappa shape index (κ1) is 15.5. The Kier molecular flexibility index (Phi) is 5.78. The highest BCUT2D eigenvalue weighted by Crippen LogP contribution is 2.14. The lowest BCUT2D eigenvalue weighted by atomic mass is 10.2. The maximum Gasteiger partial charge on any atom is 0.225 e. The number of halogens is 1. The monoisotopic (exact) mass is 306 g/mol. The van der Waals surface area contributed by atoms with Crippen LogP contribution in [0.4, 0.5) is 5.95 Å². The van der Waals surface area contributed by atoms with Crippen LogP contribution in [0.3, 0.4) is 0 Å². The van der Waals surface area contributed by atoms with Gasteiger partial charge in [-0.05, 0) is 5.56 Å². The zero-order valence-corrected chi connectivity index (χ0v) is 12.6. The molecule has 1 aliphatic heterocycles.